The Labute approximate surface area is 187 Å². The molecule has 9 nitrogen and oxygen atoms in total. The first-order chi connectivity index (χ1) is 14.9. The number of carboxylic acids is 1. The molecule has 0 aliphatic heterocycles. The summed E-state index contributed by atoms with van der Waals surface area (Å²) in [5.41, 5.74) is -0.982. The summed E-state index contributed by atoms with van der Waals surface area (Å²) in [5, 5.41) is 13.6. The Morgan fingerprint density at radius 3 is 2.25 bits per heavy atom. The van der Waals surface area contributed by atoms with Gasteiger partial charge in [0.05, 0.1) is 17.4 Å². The Balaban J connectivity index is 2.41. The van der Waals surface area contributed by atoms with Crippen LogP contribution in [0.4, 0.5) is 0 Å². The maximum absolute atomic E-state index is 13.1. The minimum absolute atomic E-state index is 0.104. The number of carbonyl (C=O) groups excluding carboxylic acids is 2. The van der Waals surface area contributed by atoms with Crippen molar-refractivity contribution in [1.29, 1.82) is 0 Å². The van der Waals surface area contributed by atoms with Crippen molar-refractivity contribution < 1.29 is 32.6 Å². The van der Waals surface area contributed by atoms with Crippen LogP contribution in [0.25, 0.3) is 10.8 Å². The minimum Gasteiger partial charge on any atom is -0.481 e. The number of hydrogen-bond donors (Lipinski definition) is 3. The highest BCUT2D eigenvalue weighted by Gasteiger charge is 2.44. The number of hydrogen-bond acceptors (Lipinski definition) is 6. The van der Waals surface area contributed by atoms with E-state index in [9.17, 15) is 27.9 Å². The average molecular weight is 465 g/mol. The molecular weight excluding hydrogens is 436 g/mol. The maximum Gasteiger partial charge on any atom is 0.325 e. The van der Waals surface area contributed by atoms with Crippen LogP contribution < -0.4 is 10.0 Å². The molecule has 0 aromatic heterocycles. The molecule has 0 spiro atoms. The molecule has 0 saturated heterocycles. The van der Waals surface area contributed by atoms with Crippen LogP contribution in [0.15, 0.2) is 47.4 Å². The third-order valence-electron chi connectivity index (χ3n) is 4.84. The molecule has 2 aromatic rings. The van der Waals surface area contributed by atoms with Crippen LogP contribution in [0.1, 0.15) is 27.7 Å². The van der Waals surface area contributed by atoms with E-state index >= 15 is 0 Å². The third kappa shape index (κ3) is 6.27. The lowest BCUT2D eigenvalue weighted by atomic mass is 9.76. The highest BCUT2D eigenvalue weighted by atomic mass is 32.2. The lowest BCUT2D eigenvalue weighted by Gasteiger charge is -2.33. The molecule has 0 saturated carbocycles. The Bertz CT molecular complexity index is 1110. The second-order valence-electron chi connectivity index (χ2n) is 8.31. The first-order valence-corrected chi connectivity index (χ1v) is 11.5. The fourth-order valence-electron chi connectivity index (χ4n) is 3.34. The quantitative estimate of drug-likeness (QED) is 0.482. The van der Waals surface area contributed by atoms with E-state index in [2.05, 4.69) is 10.0 Å². The number of ether oxygens (including phenoxy) is 1. The number of carbonyl (C=O) groups is 3. The number of rotatable bonds is 9. The van der Waals surface area contributed by atoms with Crippen LogP contribution in [0.2, 0.25) is 0 Å². The van der Waals surface area contributed by atoms with Gasteiger partial charge in [0.2, 0.25) is 15.9 Å². The molecule has 10 heteroatoms. The van der Waals surface area contributed by atoms with E-state index in [-0.39, 0.29) is 11.5 Å². The smallest absolute Gasteiger partial charge is 0.325 e. The van der Waals surface area contributed by atoms with E-state index in [0.717, 1.165) is 5.39 Å². The van der Waals surface area contributed by atoms with Crippen molar-refractivity contribution in [3.8, 4) is 0 Å². The van der Waals surface area contributed by atoms with Gasteiger partial charge in [0, 0.05) is 0 Å². The van der Waals surface area contributed by atoms with Gasteiger partial charge < -0.3 is 15.2 Å². The topological polar surface area (TPSA) is 139 Å². The van der Waals surface area contributed by atoms with Crippen LogP contribution in [-0.4, -0.2) is 50.6 Å². The summed E-state index contributed by atoms with van der Waals surface area (Å²) in [6.45, 7) is 5.94. The second-order valence-corrected chi connectivity index (χ2v) is 10.0. The van der Waals surface area contributed by atoms with Gasteiger partial charge in [0.25, 0.3) is 0 Å². The summed E-state index contributed by atoms with van der Waals surface area (Å²) in [4.78, 5) is 36.4. The van der Waals surface area contributed by atoms with Gasteiger partial charge in [-0.1, -0.05) is 51.1 Å². The maximum atomic E-state index is 13.1. The van der Waals surface area contributed by atoms with Crippen molar-refractivity contribution in [3.05, 3.63) is 42.5 Å². The number of carboxylic acid groups (broad SMARTS) is 1. The summed E-state index contributed by atoms with van der Waals surface area (Å²) < 4.78 is 33.2. The minimum atomic E-state index is -4.27. The molecule has 0 bridgehead atoms. The zero-order valence-electron chi connectivity index (χ0n) is 18.4. The Kier molecular flexibility index (Phi) is 7.97. The van der Waals surface area contributed by atoms with Crippen LogP contribution in [0.5, 0.6) is 0 Å². The molecule has 1 unspecified atom stereocenters. The zero-order chi connectivity index (χ0) is 24.1. The number of nitrogens with one attached hydrogen (secondary N) is 2. The van der Waals surface area contributed by atoms with Crippen molar-refractivity contribution in [3.63, 3.8) is 0 Å². The van der Waals surface area contributed by atoms with Crippen LogP contribution in [0.3, 0.4) is 0 Å². The number of benzene rings is 2. The Hall–Kier alpha value is -2.98. The van der Waals surface area contributed by atoms with Gasteiger partial charge in [-0.15, -0.1) is 0 Å². The lowest BCUT2D eigenvalue weighted by molar-refractivity contribution is -0.150. The predicted octanol–water partition coefficient (Wildman–Crippen LogP) is 1.91. The normalized spacial score (nSPS) is 13.9. The van der Waals surface area contributed by atoms with E-state index in [4.69, 9.17) is 4.74 Å². The van der Waals surface area contributed by atoms with E-state index < -0.39 is 51.8 Å². The van der Waals surface area contributed by atoms with Crippen molar-refractivity contribution in [2.24, 2.45) is 11.3 Å². The van der Waals surface area contributed by atoms with E-state index in [0.29, 0.717) is 5.39 Å². The molecular formula is C22H28N2O7S. The number of amides is 1. The van der Waals surface area contributed by atoms with Gasteiger partial charge in [-0.2, -0.15) is 4.72 Å². The molecule has 0 aliphatic rings. The number of fused-ring (bicyclic) bond motifs is 1. The molecule has 32 heavy (non-hydrogen) atoms. The Morgan fingerprint density at radius 1 is 1.06 bits per heavy atom. The van der Waals surface area contributed by atoms with E-state index in [1.54, 1.807) is 45.9 Å². The molecule has 0 radical (unpaired) electrons. The standard InChI is InChI=1S/C22H28N2O7S/c1-5-31-17(25)13-23-20(26)19(18(21(27)28)22(2,3)4)24-32(29,30)16-11-10-14-8-6-7-9-15(14)12-16/h6-12,18-19,24H,5,13H2,1-4H3,(H,23,26)(H,27,28)/t18-,19?/m0/s1. The fourth-order valence-corrected chi connectivity index (χ4v) is 4.58. The highest BCUT2D eigenvalue weighted by Crippen LogP contribution is 2.30. The lowest BCUT2D eigenvalue weighted by Crippen LogP contribution is -2.56. The molecule has 0 heterocycles. The summed E-state index contributed by atoms with van der Waals surface area (Å²) in [6.07, 6.45) is 0. The van der Waals surface area contributed by atoms with Crippen LogP contribution >= 0.6 is 0 Å². The molecule has 0 fully saturated rings. The van der Waals surface area contributed by atoms with E-state index in [1.807, 2.05) is 12.1 Å². The summed E-state index contributed by atoms with van der Waals surface area (Å²) >= 11 is 0. The molecule has 1 amide bonds. The van der Waals surface area contributed by atoms with Crippen molar-refractivity contribution in [2.75, 3.05) is 13.2 Å². The van der Waals surface area contributed by atoms with Crippen LogP contribution in [0, 0.1) is 11.3 Å². The van der Waals surface area contributed by atoms with Gasteiger partial charge in [0.1, 0.15) is 12.6 Å². The molecule has 2 atom stereocenters. The monoisotopic (exact) mass is 464 g/mol. The van der Waals surface area contributed by atoms with Gasteiger partial charge in [0.15, 0.2) is 0 Å². The largest absolute Gasteiger partial charge is 0.481 e. The van der Waals surface area contributed by atoms with Crippen molar-refractivity contribution >= 4 is 38.6 Å². The molecule has 2 rings (SSSR count). The SMILES string of the molecule is CCOC(=O)CNC(=O)C(NS(=O)(=O)c1ccc2ccccc2c1)[C@@H](C(=O)O)C(C)(C)C. The average Bonchev–Trinajstić information content (AvgIpc) is 2.70. The van der Waals surface area contributed by atoms with Gasteiger partial charge in [-0.25, -0.2) is 8.42 Å². The Morgan fingerprint density at radius 2 is 1.69 bits per heavy atom. The zero-order valence-corrected chi connectivity index (χ0v) is 19.2. The first-order valence-electron chi connectivity index (χ1n) is 10.0. The summed E-state index contributed by atoms with van der Waals surface area (Å²) in [5.74, 6) is -4.43. The molecule has 3 N–H and O–H groups in total. The van der Waals surface area contributed by atoms with Gasteiger partial charge in [-0.3, -0.25) is 14.4 Å². The predicted molar refractivity (Wildman–Crippen MR) is 118 cm³/mol. The summed E-state index contributed by atoms with van der Waals surface area (Å²) in [7, 11) is -4.27. The second kappa shape index (κ2) is 10.1. The third-order valence-corrected chi connectivity index (χ3v) is 6.28. The van der Waals surface area contributed by atoms with Gasteiger partial charge >= 0.3 is 11.9 Å². The van der Waals surface area contributed by atoms with E-state index in [1.165, 1.54) is 12.1 Å². The van der Waals surface area contributed by atoms with Gasteiger partial charge in [-0.05, 0) is 35.2 Å². The molecule has 174 valence electrons. The summed E-state index contributed by atoms with van der Waals surface area (Å²) in [6, 6.07) is 9.93. The first kappa shape index (κ1) is 25.3. The number of esters is 1. The number of aliphatic carboxylic acids is 1. The van der Waals surface area contributed by atoms with Crippen molar-refractivity contribution in [1.82, 2.24) is 10.0 Å². The molecule has 0 aliphatic carbocycles. The number of sulfonamides is 1. The van der Waals surface area contributed by atoms with Crippen molar-refractivity contribution in [2.45, 2.75) is 38.6 Å². The highest BCUT2D eigenvalue weighted by molar-refractivity contribution is 7.89. The fraction of sp³-hybridized carbons (Fsp3) is 0.409. The van der Waals surface area contributed by atoms with Crippen LogP contribution in [-0.2, 0) is 29.1 Å². The molecule has 2 aromatic carbocycles.